The highest BCUT2D eigenvalue weighted by molar-refractivity contribution is 5.82. The van der Waals surface area contributed by atoms with E-state index >= 15 is 0 Å². The van der Waals surface area contributed by atoms with Crippen LogP contribution in [0.2, 0.25) is 0 Å². The smallest absolute Gasteiger partial charge is 0.422 e. The Bertz CT molecular complexity index is 323. The van der Waals surface area contributed by atoms with Crippen LogP contribution in [0.1, 0.15) is 27.2 Å². The molecule has 0 unspecified atom stereocenters. The van der Waals surface area contributed by atoms with Crippen molar-refractivity contribution >= 4 is 18.0 Å². The number of nitrogens with one attached hydrogen (secondary N) is 2. The number of amides is 1. The van der Waals surface area contributed by atoms with Crippen molar-refractivity contribution in [2.75, 3.05) is 7.11 Å². The molecule has 0 fully saturated rings. The van der Waals surface area contributed by atoms with E-state index in [0.29, 0.717) is 0 Å². The van der Waals surface area contributed by atoms with E-state index in [-0.39, 0.29) is 0 Å². The van der Waals surface area contributed by atoms with Gasteiger partial charge in [-0.25, -0.2) is 10.2 Å². The maximum Gasteiger partial charge on any atom is 0.422 e. The standard InChI is InChI=1S/C10H18N2O6/c1-10(2,3)18-9(16)12-11-6(5-7(13)14)8(15)17-4/h6,11H,5H2,1-4H3,(H,12,16)(H,13,14)/t6-/m0/s1. The van der Waals surface area contributed by atoms with Crippen LogP contribution in [0.4, 0.5) is 4.79 Å². The van der Waals surface area contributed by atoms with E-state index in [9.17, 15) is 14.4 Å². The summed E-state index contributed by atoms with van der Waals surface area (Å²) in [5.41, 5.74) is 3.63. The fourth-order valence-electron chi connectivity index (χ4n) is 0.960. The predicted octanol–water partition coefficient (Wildman–Crippen LogP) is 0.0320. The Labute approximate surface area is 105 Å². The van der Waals surface area contributed by atoms with Crippen LogP contribution < -0.4 is 10.9 Å². The maximum atomic E-state index is 11.3. The lowest BCUT2D eigenvalue weighted by molar-refractivity contribution is -0.148. The number of hydrazine groups is 1. The van der Waals surface area contributed by atoms with Gasteiger partial charge in [0.15, 0.2) is 0 Å². The molecule has 8 heteroatoms. The first-order valence-corrected chi connectivity index (χ1v) is 5.20. The quantitative estimate of drug-likeness (QED) is 0.473. The normalized spacial score (nSPS) is 12.4. The fourth-order valence-corrected chi connectivity index (χ4v) is 0.960. The second kappa shape index (κ2) is 6.80. The largest absolute Gasteiger partial charge is 0.481 e. The van der Waals surface area contributed by atoms with E-state index in [1.165, 1.54) is 0 Å². The second-order valence-corrected chi connectivity index (χ2v) is 4.44. The zero-order chi connectivity index (χ0) is 14.3. The highest BCUT2D eigenvalue weighted by Gasteiger charge is 2.24. The van der Waals surface area contributed by atoms with Crippen LogP contribution in [0.5, 0.6) is 0 Å². The number of carboxylic acid groups (broad SMARTS) is 1. The molecule has 0 aliphatic rings. The molecule has 0 radical (unpaired) electrons. The third kappa shape index (κ3) is 7.44. The molecule has 0 aromatic heterocycles. The van der Waals surface area contributed by atoms with E-state index in [2.05, 4.69) is 15.6 Å². The van der Waals surface area contributed by atoms with Gasteiger partial charge < -0.3 is 14.6 Å². The van der Waals surface area contributed by atoms with Crippen molar-refractivity contribution in [3.05, 3.63) is 0 Å². The van der Waals surface area contributed by atoms with Gasteiger partial charge in [0.05, 0.1) is 13.5 Å². The van der Waals surface area contributed by atoms with Crippen molar-refractivity contribution in [3.8, 4) is 0 Å². The molecule has 0 aromatic carbocycles. The Kier molecular flexibility index (Phi) is 6.11. The number of rotatable bonds is 5. The minimum absolute atomic E-state index is 0.525. The van der Waals surface area contributed by atoms with Crippen LogP contribution in [0, 0.1) is 0 Å². The number of aliphatic carboxylic acids is 1. The molecule has 104 valence electrons. The highest BCUT2D eigenvalue weighted by atomic mass is 16.6. The molecular formula is C10H18N2O6. The molecule has 0 aliphatic carbocycles. The van der Waals surface area contributed by atoms with Crippen LogP contribution in [-0.4, -0.2) is 41.9 Å². The minimum Gasteiger partial charge on any atom is -0.481 e. The number of ether oxygens (including phenoxy) is 2. The van der Waals surface area contributed by atoms with Gasteiger partial charge in [-0.1, -0.05) is 0 Å². The SMILES string of the molecule is COC(=O)[C@H](CC(=O)O)NNC(=O)OC(C)(C)C. The van der Waals surface area contributed by atoms with Gasteiger partial charge in [0.1, 0.15) is 11.6 Å². The maximum absolute atomic E-state index is 11.3. The molecule has 8 nitrogen and oxygen atoms in total. The molecule has 1 atom stereocenters. The van der Waals surface area contributed by atoms with Crippen molar-refractivity contribution in [1.82, 2.24) is 10.9 Å². The Morgan fingerprint density at radius 3 is 2.22 bits per heavy atom. The Morgan fingerprint density at radius 1 is 1.28 bits per heavy atom. The molecular weight excluding hydrogens is 244 g/mol. The van der Waals surface area contributed by atoms with Gasteiger partial charge in [-0.05, 0) is 20.8 Å². The third-order valence-electron chi connectivity index (χ3n) is 1.61. The molecule has 0 heterocycles. The molecule has 18 heavy (non-hydrogen) atoms. The number of carboxylic acids is 1. The average molecular weight is 262 g/mol. The van der Waals surface area contributed by atoms with Crippen LogP contribution in [0.3, 0.4) is 0 Å². The van der Waals surface area contributed by atoms with Crippen molar-refractivity contribution in [3.63, 3.8) is 0 Å². The zero-order valence-electron chi connectivity index (χ0n) is 10.8. The van der Waals surface area contributed by atoms with Crippen molar-refractivity contribution in [1.29, 1.82) is 0 Å². The van der Waals surface area contributed by atoms with Crippen molar-refractivity contribution in [2.24, 2.45) is 0 Å². The van der Waals surface area contributed by atoms with E-state index < -0.39 is 36.1 Å². The fraction of sp³-hybridized carbons (Fsp3) is 0.700. The lowest BCUT2D eigenvalue weighted by Crippen LogP contribution is -2.50. The Morgan fingerprint density at radius 2 is 1.83 bits per heavy atom. The first kappa shape index (κ1) is 16.2. The van der Waals surface area contributed by atoms with Gasteiger partial charge >= 0.3 is 18.0 Å². The van der Waals surface area contributed by atoms with Crippen molar-refractivity contribution < 1.29 is 29.0 Å². The predicted molar refractivity (Wildman–Crippen MR) is 60.6 cm³/mol. The van der Waals surface area contributed by atoms with Crippen molar-refractivity contribution in [2.45, 2.75) is 38.8 Å². The molecule has 0 saturated carbocycles. The monoisotopic (exact) mass is 262 g/mol. The summed E-state index contributed by atoms with van der Waals surface area (Å²) in [4.78, 5) is 33.0. The summed E-state index contributed by atoms with van der Waals surface area (Å²) in [6.07, 6.45) is -1.34. The van der Waals surface area contributed by atoms with E-state index in [1.54, 1.807) is 20.8 Å². The zero-order valence-corrected chi connectivity index (χ0v) is 10.8. The van der Waals surface area contributed by atoms with Gasteiger partial charge in [0, 0.05) is 0 Å². The lowest BCUT2D eigenvalue weighted by atomic mass is 10.2. The molecule has 0 spiro atoms. The minimum atomic E-state index is -1.20. The first-order chi connectivity index (χ1) is 8.15. The summed E-state index contributed by atoms with van der Waals surface area (Å²) in [6, 6.07) is -1.18. The molecule has 0 bridgehead atoms. The van der Waals surface area contributed by atoms with E-state index in [4.69, 9.17) is 9.84 Å². The van der Waals surface area contributed by atoms with Gasteiger partial charge in [-0.2, -0.15) is 0 Å². The average Bonchev–Trinajstić information content (AvgIpc) is 2.20. The number of hydrogen-bond donors (Lipinski definition) is 3. The molecule has 1 amide bonds. The van der Waals surface area contributed by atoms with Gasteiger partial charge in [0.2, 0.25) is 0 Å². The van der Waals surface area contributed by atoms with Crippen LogP contribution in [0.25, 0.3) is 0 Å². The van der Waals surface area contributed by atoms with Gasteiger partial charge in [-0.3, -0.25) is 15.0 Å². The summed E-state index contributed by atoms with van der Waals surface area (Å²) in [5.74, 6) is -2.00. The van der Waals surface area contributed by atoms with Gasteiger partial charge in [-0.15, -0.1) is 0 Å². The first-order valence-electron chi connectivity index (χ1n) is 5.20. The molecule has 0 aliphatic heterocycles. The van der Waals surface area contributed by atoms with Gasteiger partial charge in [0.25, 0.3) is 0 Å². The molecule has 0 saturated heterocycles. The van der Waals surface area contributed by atoms with Crippen LogP contribution in [-0.2, 0) is 19.1 Å². The van der Waals surface area contributed by atoms with E-state index in [0.717, 1.165) is 7.11 Å². The summed E-state index contributed by atoms with van der Waals surface area (Å²) < 4.78 is 9.28. The third-order valence-corrected chi connectivity index (χ3v) is 1.61. The van der Waals surface area contributed by atoms with E-state index in [1.807, 2.05) is 0 Å². The Balaban J connectivity index is 4.30. The Hall–Kier alpha value is -1.83. The summed E-state index contributed by atoms with van der Waals surface area (Å²) in [5, 5.41) is 8.59. The summed E-state index contributed by atoms with van der Waals surface area (Å²) in [7, 11) is 1.12. The number of methoxy groups -OCH3 is 1. The highest BCUT2D eigenvalue weighted by Crippen LogP contribution is 2.06. The summed E-state index contributed by atoms with van der Waals surface area (Å²) in [6.45, 7) is 5.00. The second-order valence-electron chi connectivity index (χ2n) is 4.44. The lowest BCUT2D eigenvalue weighted by Gasteiger charge is -2.21. The molecule has 0 rings (SSSR count). The number of carbonyl (C=O) groups is 3. The topological polar surface area (TPSA) is 114 Å². The number of esters is 1. The number of carbonyl (C=O) groups excluding carboxylic acids is 2. The van der Waals surface area contributed by atoms with Crippen LogP contribution in [0.15, 0.2) is 0 Å². The number of hydrogen-bond acceptors (Lipinski definition) is 6. The summed E-state index contributed by atoms with van der Waals surface area (Å²) >= 11 is 0. The molecule has 3 N–H and O–H groups in total. The van der Waals surface area contributed by atoms with Crippen LogP contribution >= 0.6 is 0 Å². The molecule has 0 aromatic rings.